The predicted octanol–water partition coefficient (Wildman–Crippen LogP) is 5.59. The summed E-state index contributed by atoms with van der Waals surface area (Å²) in [5.41, 5.74) is 4.12. The van der Waals surface area contributed by atoms with Crippen LogP contribution in [0.2, 0.25) is 0 Å². The number of nitro benzene ring substituents is 2. The van der Waals surface area contributed by atoms with E-state index in [1.165, 1.54) is 24.3 Å². The van der Waals surface area contributed by atoms with Gasteiger partial charge in [0, 0.05) is 24.3 Å². The largest absolute Gasteiger partial charge is 0.489 e. The second-order valence-electron chi connectivity index (χ2n) is 7.20. The smallest absolute Gasteiger partial charge is 0.269 e. The van der Waals surface area contributed by atoms with Gasteiger partial charge in [0.2, 0.25) is 0 Å². The number of aryl methyl sites for hydroxylation is 1. The van der Waals surface area contributed by atoms with Crippen LogP contribution in [0.5, 0.6) is 11.5 Å². The van der Waals surface area contributed by atoms with Crippen LogP contribution in [0.4, 0.5) is 11.4 Å². The van der Waals surface area contributed by atoms with Crippen molar-refractivity contribution >= 4 is 11.4 Å². The van der Waals surface area contributed by atoms with Crippen LogP contribution in [0, 0.1) is 41.0 Å². The van der Waals surface area contributed by atoms with E-state index in [9.17, 15) is 20.2 Å². The molecule has 31 heavy (non-hydrogen) atoms. The summed E-state index contributed by atoms with van der Waals surface area (Å²) in [4.78, 5) is 21.0. The molecule has 0 aromatic heterocycles. The number of rotatable bonds is 8. The third kappa shape index (κ3) is 5.16. The van der Waals surface area contributed by atoms with Crippen molar-refractivity contribution in [2.24, 2.45) is 0 Å². The molecule has 0 spiro atoms. The van der Waals surface area contributed by atoms with Gasteiger partial charge < -0.3 is 9.47 Å². The normalized spacial score (nSPS) is 10.5. The Morgan fingerprint density at radius 1 is 0.742 bits per heavy atom. The zero-order valence-electron chi connectivity index (χ0n) is 17.5. The van der Waals surface area contributed by atoms with Crippen LogP contribution in [0.25, 0.3) is 0 Å². The Morgan fingerprint density at radius 3 is 1.77 bits per heavy atom. The minimum absolute atomic E-state index is 0.0232. The van der Waals surface area contributed by atoms with E-state index in [1.807, 2.05) is 26.8 Å². The summed E-state index contributed by atoms with van der Waals surface area (Å²) in [6.45, 7) is 6.14. The molecular formula is C23H22N2O6. The Kier molecular flexibility index (Phi) is 6.49. The maximum absolute atomic E-state index is 11.0. The Balaban J connectivity index is 1.74. The molecule has 0 radical (unpaired) electrons. The lowest BCUT2D eigenvalue weighted by atomic mass is 10.0. The van der Waals surface area contributed by atoms with E-state index < -0.39 is 9.85 Å². The van der Waals surface area contributed by atoms with E-state index in [-0.39, 0.29) is 24.6 Å². The molecule has 0 fully saturated rings. The van der Waals surface area contributed by atoms with Gasteiger partial charge in [0.05, 0.1) is 9.85 Å². The molecule has 3 aromatic rings. The highest BCUT2D eigenvalue weighted by Gasteiger charge is 2.14. The Labute approximate surface area is 179 Å². The molecule has 0 aliphatic heterocycles. The quantitative estimate of drug-likeness (QED) is 0.346. The average molecular weight is 422 g/mol. The van der Waals surface area contributed by atoms with Crippen molar-refractivity contribution in [3.8, 4) is 11.5 Å². The van der Waals surface area contributed by atoms with Gasteiger partial charge in [-0.25, -0.2) is 0 Å². The average Bonchev–Trinajstić information content (AvgIpc) is 2.75. The van der Waals surface area contributed by atoms with Crippen LogP contribution in [0.1, 0.15) is 27.8 Å². The van der Waals surface area contributed by atoms with Gasteiger partial charge in [-0.2, -0.15) is 0 Å². The second kappa shape index (κ2) is 9.25. The van der Waals surface area contributed by atoms with Crippen LogP contribution < -0.4 is 9.47 Å². The number of nitro groups is 2. The van der Waals surface area contributed by atoms with E-state index in [1.54, 1.807) is 24.3 Å². The first-order chi connectivity index (χ1) is 14.8. The molecule has 0 amide bonds. The summed E-state index contributed by atoms with van der Waals surface area (Å²) >= 11 is 0. The van der Waals surface area contributed by atoms with Crippen LogP contribution in [0.15, 0.2) is 54.6 Å². The lowest BCUT2D eigenvalue weighted by Crippen LogP contribution is -2.04. The molecule has 0 saturated carbocycles. The lowest BCUT2D eigenvalue weighted by molar-refractivity contribution is -0.385. The van der Waals surface area contributed by atoms with Crippen LogP contribution >= 0.6 is 0 Å². The summed E-state index contributed by atoms with van der Waals surface area (Å²) in [7, 11) is 0. The van der Waals surface area contributed by atoms with E-state index in [0.29, 0.717) is 22.6 Å². The maximum atomic E-state index is 11.0. The second-order valence-corrected chi connectivity index (χ2v) is 7.20. The summed E-state index contributed by atoms with van der Waals surface area (Å²) in [5.74, 6) is 1.37. The fraction of sp³-hybridized carbons (Fsp3) is 0.217. The molecule has 8 heteroatoms. The topological polar surface area (TPSA) is 105 Å². The summed E-state index contributed by atoms with van der Waals surface area (Å²) in [6, 6.07) is 14.5. The third-order valence-corrected chi connectivity index (χ3v) is 5.00. The van der Waals surface area contributed by atoms with Crippen molar-refractivity contribution < 1.29 is 19.3 Å². The van der Waals surface area contributed by atoms with Crippen molar-refractivity contribution in [1.82, 2.24) is 0 Å². The molecule has 3 aromatic carbocycles. The lowest BCUT2D eigenvalue weighted by Gasteiger charge is -2.18. The molecule has 3 rings (SSSR count). The first kappa shape index (κ1) is 21.8. The van der Waals surface area contributed by atoms with Gasteiger partial charge in [0.1, 0.15) is 24.7 Å². The number of hydrogen-bond acceptors (Lipinski definition) is 6. The van der Waals surface area contributed by atoms with Crippen molar-refractivity contribution in [3.05, 3.63) is 103 Å². The molecule has 0 aliphatic rings. The summed E-state index contributed by atoms with van der Waals surface area (Å²) in [5, 5.41) is 21.9. The molecule has 0 unspecified atom stereocenters. The molecule has 0 saturated heterocycles. The van der Waals surface area contributed by atoms with E-state index >= 15 is 0 Å². The summed E-state index contributed by atoms with van der Waals surface area (Å²) < 4.78 is 11.9. The predicted molar refractivity (Wildman–Crippen MR) is 116 cm³/mol. The van der Waals surface area contributed by atoms with Crippen molar-refractivity contribution in [2.75, 3.05) is 0 Å². The Hall–Kier alpha value is -3.94. The number of benzene rings is 3. The fourth-order valence-corrected chi connectivity index (χ4v) is 3.23. The van der Waals surface area contributed by atoms with Crippen molar-refractivity contribution in [2.45, 2.75) is 34.0 Å². The highest BCUT2D eigenvalue weighted by molar-refractivity contribution is 5.52. The third-order valence-electron chi connectivity index (χ3n) is 5.00. The first-order valence-electron chi connectivity index (χ1n) is 9.59. The molecule has 0 bridgehead atoms. The van der Waals surface area contributed by atoms with Gasteiger partial charge in [-0.1, -0.05) is 24.3 Å². The minimum atomic E-state index is -0.434. The van der Waals surface area contributed by atoms with E-state index in [2.05, 4.69) is 0 Å². The number of non-ortho nitro benzene ring substituents is 2. The first-order valence-corrected chi connectivity index (χ1v) is 9.59. The highest BCUT2D eigenvalue weighted by Crippen LogP contribution is 2.34. The molecule has 8 nitrogen and oxygen atoms in total. The monoisotopic (exact) mass is 422 g/mol. The maximum Gasteiger partial charge on any atom is 0.269 e. The van der Waals surface area contributed by atoms with Gasteiger partial charge in [0.15, 0.2) is 0 Å². The minimum Gasteiger partial charge on any atom is -0.489 e. The zero-order chi connectivity index (χ0) is 22.5. The van der Waals surface area contributed by atoms with Gasteiger partial charge in [-0.15, -0.1) is 0 Å². The van der Waals surface area contributed by atoms with Crippen molar-refractivity contribution in [3.63, 3.8) is 0 Å². The standard InChI is InChI=1S/C23H22N2O6/c1-15-10-22(30-13-18-6-4-8-20(11-18)24(26)27)16(2)17(3)23(15)31-14-19-7-5-9-21(12-19)25(28)29/h4-12H,13-14H2,1-3H3. The number of ether oxygens (including phenoxy) is 2. The molecular weight excluding hydrogens is 400 g/mol. The van der Waals surface area contributed by atoms with Gasteiger partial charge in [0.25, 0.3) is 11.4 Å². The Morgan fingerprint density at radius 2 is 1.26 bits per heavy atom. The van der Waals surface area contributed by atoms with Crippen LogP contribution in [-0.4, -0.2) is 9.85 Å². The van der Waals surface area contributed by atoms with Crippen LogP contribution in [-0.2, 0) is 13.2 Å². The highest BCUT2D eigenvalue weighted by atomic mass is 16.6. The van der Waals surface area contributed by atoms with Crippen molar-refractivity contribution in [1.29, 1.82) is 0 Å². The van der Waals surface area contributed by atoms with Crippen LogP contribution in [0.3, 0.4) is 0 Å². The van der Waals surface area contributed by atoms with E-state index in [0.717, 1.165) is 16.7 Å². The zero-order valence-corrected chi connectivity index (χ0v) is 17.5. The molecule has 0 heterocycles. The van der Waals surface area contributed by atoms with Gasteiger partial charge in [-0.3, -0.25) is 20.2 Å². The SMILES string of the molecule is Cc1cc(OCc2cccc([N+](=O)[O-])c2)c(C)c(C)c1OCc1cccc([N+](=O)[O-])c1. The molecule has 160 valence electrons. The molecule has 0 atom stereocenters. The van der Waals surface area contributed by atoms with E-state index in [4.69, 9.17) is 9.47 Å². The van der Waals surface area contributed by atoms with Gasteiger partial charge in [-0.05, 0) is 54.7 Å². The number of hydrogen-bond donors (Lipinski definition) is 0. The Bertz CT molecular complexity index is 1140. The number of nitrogens with zero attached hydrogens (tertiary/aromatic N) is 2. The fourth-order valence-electron chi connectivity index (χ4n) is 3.23. The molecule has 0 aliphatic carbocycles. The van der Waals surface area contributed by atoms with Gasteiger partial charge >= 0.3 is 0 Å². The summed E-state index contributed by atoms with van der Waals surface area (Å²) in [6.07, 6.45) is 0. The molecule has 0 N–H and O–H groups in total.